The van der Waals surface area contributed by atoms with E-state index < -0.39 is 43.9 Å². The van der Waals surface area contributed by atoms with Gasteiger partial charge < -0.3 is 14.9 Å². The van der Waals surface area contributed by atoms with Gasteiger partial charge in [0.2, 0.25) is 0 Å². The van der Waals surface area contributed by atoms with Gasteiger partial charge in [-0.05, 0) is 18.4 Å². The predicted molar refractivity (Wildman–Crippen MR) is 69.6 cm³/mol. The van der Waals surface area contributed by atoms with E-state index in [0.717, 1.165) is 0 Å². The first kappa shape index (κ1) is 19.1. The second-order valence-corrected chi connectivity index (χ2v) is 6.54. The second-order valence-electron chi connectivity index (χ2n) is 3.91. The van der Waals surface area contributed by atoms with Crippen molar-refractivity contribution >= 4 is 37.0 Å². The smallest absolute Gasteiger partial charge is 0.332 e. The van der Waals surface area contributed by atoms with E-state index in [2.05, 4.69) is 0 Å². The molecule has 20 heavy (non-hydrogen) atoms. The molecule has 9 nitrogen and oxygen atoms in total. The number of hydroxylamine groups is 2. The summed E-state index contributed by atoms with van der Waals surface area (Å²) in [6, 6.07) is -1.50. The highest BCUT2D eigenvalue weighted by Crippen LogP contribution is 2.34. The zero-order valence-electron chi connectivity index (χ0n) is 10.6. The van der Waals surface area contributed by atoms with Crippen LogP contribution in [-0.2, 0) is 18.9 Å². The minimum Gasteiger partial charge on any atom is -0.480 e. The average Bonchev–Trinajstić information content (AvgIpc) is 2.25. The van der Waals surface area contributed by atoms with Gasteiger partial charge in [0.25, 0.3) is 5.91 Å². The third kappa shape index (κ3) is 7.61. The monoisotopic (exact) mass is 329 g/mol. The quantitative estimate of drug-likeness (QED) is 0.191. The third-order valence-electron chi connectivity index (χ3n) is 2.16. The van der Waals surface area contributed by atoms with Crippen molar-refractivity contribution in [3.8, 4) is 0 Å². The third-order valence-corrected chi connectivity index (χ3v) is 3.57. The standard InChI is InChI=1S/C9H16NO8PS/c1-20-3-2-7(9(13)14)10(15)8(12)4-6(11)5-19(16,17)18/h7,15H,2-5H2,1H3,(H,13,14)(H2,16,17,18). The van der Waals surface area contributed by atoms with E-state index >= 15 is 0 Å². The van der Waals surface area contributed by atoms with Gasteiger partial charge >= 0.3 is 13.6 Å². The first-order chi connectivity index (χ1) is 9.08. The summed E-state index contributed by atoms with van der Waals surface area (Å²) in [4.78, 5) is 50.7. The fraction of sp³-hybridized carbons (Fsp3) is 0.667. The molecule has 0 aromatic heterocycles. The van der Waals surface area contributed by atoms with E-state index in [9.17, 15) is 24.2 Å². The Balaban J connectivity index is 4.61. The van der Waals surface area contributed by atoms with Gasteiger partial charge in [0.15, 0.2) is 11.8 Å². The molecule has 0 aliphatic carbocycles. The number of carbonyl (C=O) groups excluding carboxylic acids is 2. The fourth-order valence-electron chi connectivity index (χ4n) is 1.29. The molecule has 0 bridgehead atoms. The molecule has 0 aromatic carbocycles. The van der Waals surface area contributed by atoms with Crippen molar-refractivity contribution in [1.29, 1.82) is 0 Å². The average molecular weight is 329 g/mol. The van der Waals surface area contributed by atoms with Crippen LogP contribution in [0.1, 0.15) is 12.8 Å². The maximum Gasteiger partial charge on any atom is 0.332 e. The molecule has 0 heterocycles. The maximum absolute atomic E-state index is 11.5. The topological polar surface area (TPSA) is 152 Å². The normalized spacial score (nSPS) is 12.8. The zero-order valence-corrected chi connectivity index (χ0v) is 12.3. The number of carbonyl (C=O) groups is 3. The van der Waals surface area contributed by atoms with Crippen LogP contribution < -0.4 is 0 Å². The molecule has 0 aliphatic heterocycles. The number of amides is 1. The van der Waals surface area contributed by atoms with Crippen molar-refractivity contribution < 1.29 is 39.0 Å². The lowest BCUT2D eigenvalue weighted by atomic mass is 10.2. The Hall–Kier alpha value is -0.930. The summed E-state index contributed by atoms with van der Waals surface area (Å²) in [5, 5.41) is 18.3. The van der Waals surface area contributed by atoms with Crippen LogP contribution in [0.25, 0.3) is 0 Å². The van der Waals surface area contributed by atoms with Crippen molar-refractivity contribution in [3.05, 3.63) is 0 Å². The zero-order chi connectivity index (χ0) is 15.9. The van der Waals surface area contributed by atoms with Gasteiger partial charge in [-0.3, -0.25) is 19.4 Å². The van der Waals surface area contributed by atoms with E-state index in [1.54, 1.807) is 6.26 Å². The van der Waals surface area contributed by atoms with E-state index in [4.69, 9.17) is 14.9 Å². The van der Waals surface area contributed by atoms with Crippen LogP contribution in [0.4, 0.5) is 0 Å². The molecule has 1 atom stereocenters. The molecule has 0 spiro atoms. The van der Waals surface area contributed by atoms with Crippen LogP contribution in [0.2, 0.25) is 0 Å². The Bertz CT molecular complexity index is 422. The van der Waals surface area contributed by atoms with Crippen molar-refractivity contribution in [3.63, 3.8) is 0 Å². The van der Waals surface area contributed by atoms with Crippen LogP contribution >= 0.6 is 19.4 Å². The van der Waals surface area contributed by atoms with E-state index in [1.807, 2.05) is 0 Å². The number of nitrogens with zero attached hydrogens (tertiary/aromatic N) is 1. The molecule has 0 saturated carbocycles. The summed E-state index contributed by atoms with van der Waals surface area (Å²) in [6.07, 6.45) is -0.406. The first-order valence-corrected chi connectivity index (χ1v) is 8.56. The minimum atomic E-state index is -4.59. The molecule has 11 heteroatoms. The largest absolute Gasteiger partial charge is 0.480 e. The Labute approximate surface area is 119 Å². The van der Waals surface area contributed by atoms with Crippen molar-refractivity contribution in [1.82, 2.24) is 5.06 Å². The molecule has 0 aliphatic rings. The van der Waals surface area contributed by atoms with Crippen molar-refractivity contribution in [2.24, 2.45) is 0 Å². The molecular weight excluding hydrogens is 313 g/mol. The Morgan fingerprint density at radius 3 is 2.25 bits per heavy atom. The van der Waals surface area contributed by atoms with Gasteiger partial charge in [-0.2, -0.15) is 11.8 Å². The van der Waals surface area contributed by atoms with Gasteiger partial charge in [0.1, 0.15) is 6.16 Å². The molecule has 0 saturated heterocycles. The van der Waals surface area contributed by atoms with Crippen LogP contribution in [0.3, 0.4) is 0 Å². The summed E-state index contributed by atoms with van der Waals surface area (Å²) >= 11 is 1.32. The van der Waals surface area contributed by atoms with Gasteiger partial charge in [-0.15, -0.1) is 0 Å². The SMILES string of the molecule is CSCCC(C(=O)O)N(O)C(=O)CC(=O)CP(=O)(O)O. The number of rotatable bonds is 9. The molecule has 0 radical (unpaired) electrons. The first-order valence-electron chi connectivity index (χ1n) is 5.37. The predicted octanol–water partition coefficient (Wildman–Crippen LogP) is -0.453. The summed E-state index contributed by atoms with van der Waals surface area (Å²) in [7, 11) is -4.59. The number of aliphatic carboxylic acids is 1. The molecule has 4 N–H and O–H groups in total. The summed E-state index contributed by atoms with van der Waals surface area (Å²) in [5.41, 5.74) is 0. The molecule has 1 amide bonds. The number of ketones is 1. The lowest BCUT2D eigenvalue weighted by Crippen LogP contribution is -2.44. The van der Waals surface area contributed by atoms with Gasteiger partial charge in [-0.1, -0.05) is 0 Å². The summed E-state index contributed by atoms with van der Waals surface area (Å²) in [6.45, 7) is 0. The molecule has 0 fully saturated rings. The van der Waals surface area contributed by atoms with Crippen molar-refractivity contribution in [2.45, 2.75) is 18.9 Å². The Morgan fingerprint density at radius 2 is 1.85 bits per heavy atom. The Kier molecular flexibility index (Phi) is 7.99. The highest BCUT2D eigenvalue weighted by Gasteiger charge is 2.30. The van der Waals surface area contributed by atoms with Crippen molar-refractivity contribution in [2.75, 3.05) is 18.2 Å². The van der Waals surface area contributed by atoms with Crippen LogP contribution in [0.5, 0.6) is 0 Å². The fourth-order valence-corrected chi connectivity index (χ4v) is 2.32. The highest BCUT2D eigenvalue weighted by atomic mass is 32.2. The lowest BCUT2D eigenvalue weighted by molar-refractivity contribution is -0.186. The lowest BCUT2D eigenvalue weighted by Gasteiger charge is -2.22. The minimum absolute atomic E-state index is 0.0224. The number of carboxylic acids is 1. The number of hydrogen-bond donors (Lipinski definition) is 4. The van der Waals surface area contributed by atoms with Gasteiger partial charge in [0.05, 0.1) is 6.42 Å². The van der Waals surface area contributed by atoms with E-state index in [1.165, 1.54) is 11.8 Å². The van der Waals surface area contributed by atoms with E-state index in [0.29, 0.717) is 5.75 Å². The second kappa shape index (κ2) is 8.38. The van der Waals surface area contributed by atoms with Gasteiger partial charge in [0, 0.05) is 0 Å². The van der Waals surface area contributed by atoms with Gasteiger partial charge in [-0.25, -0.2) is 9.86 Å². The molecule has 116 valence electrons. The molecular formula is C9H16NO8PS. The number of thioether (sulfide) groups is 1. The van der Waals surface area contributed by atoms with Crippen LogP contribution in [-0.4, -0.2) is 67.0 Å². The summed E-state index contributed by atoms with van der Waals surface area (Å²) in [5.74, 6) is -3.34. The maximum atomic E-state index is 11.5. The van der Waals surface area contributed by atoms with Crippen LogP contribution in [0, 0.1) is 0 Å². The molecule has 0 rings (SSSR count). The number of Topliss-reactive ketones (excluding diaryl/α,β-unsaturated/α-hetero) is 1. The van der Waals surface area contributed by atoms with Crippen LogP contribution in [0.15, 0.2) is 0 Å². The Morgan fingerprint density at radius 1 is 1.30 bits per heavy atom. The van der Waals surface area contributed by atoms with E-state index in [-0.39, 0.29) is 11.5 Å². The molecule has 1 unspecified atom stereocenters. The summed E-state index contributed by atoms with van der Waals surface area (Å²) < 4.78 is 10.6. The number of hydrogen-bond acceptors (Lipinski definition) is 6. The molecule has 0 aromatic rings. The highest BCUT2D eigenvalue weighted by molar-refractivity contribution is 7.98. The number of carboxylic acid groups (broad SMARTS) is 1.